The van der Waals surface area contributed by atoms with Gasteiger partial charge in [-0.3, -0.25) is 14.2 Å². The summed E-state index contributed by atoms with van der Waals surface area (Å²) in [6, 6.07) is 3.10. The number of amides is 1. The zero-order valence-corrected chi connectivity index (χ0v) is 19.4. The second-order valence-electron chi connectivity index (χ2n) is 8.56. The molecule has 8 heteroatoms. The first-order chi connectivity index (χ1) is 13.5. The predicted octanol–water partition coefficient (Wildman–Crippen LogP) is 4.04. The average Bonchev–Trinajstić information content (AvgIpc) is 2.61. The molecule has 1 aromatic carbocycles. The number of carbonyl (C=O) groups is 1. The van der Waals surface area contributed by atoms with Crippen molar-refractivity contribution in [3.63, 3.8) is 0 Å². The van der Waals surface area contributed by atoms with Gasteiger partial charge in [0.2, 0.25) is 0 Å². The third-order valence-corrected chi connectivity index (χ3v) is 5.11. The maximum Gasteiger partial charge on any atom is 0.271 e. The van der Waals surface area contributed by atoms with Crippen LogP contribution < -0.4 is 15.6 Å². The molecule has 2 rings (SSSR count). The van der Waals surface area contributed by atoms with Crippen molar-refractivity contribution >= 4 is 39.9 Å². The smallest absolute Gasteiger partial charge is 0.271 e. The van der Waals surface area contributed by atoms with Crippen molar-refractivity contribution in [3.8, 4) is 5.75 Å². The number of rotatable bonds is 7. The number of hydrogen-bond acceptors (Lipinski definition) is 4. The Morgan fingerprint density at radius 1 is 1.17 bits per heavy atom. The van der Waals surface area contributed by atoms with Crippen molar-refractivity contribution in [2.75, 3.05) is 34.3 Å². The molecule has 1 N–H and O–H groups in total. The summed E-state index contributed by atoms with van der Waals surface area (Å²) in [4.78, 5) is 28.4. The van der Waals surface area contributed by atoms with Gasteiger partial charge in [0.25, 0.3) is 11.5 Å². The Morgan fingerprint density at radius 2 is 1.76 bits per heavy atom. The molecule has 160 valence electrons. The van der Waals surface area contributed by atoms with Crippen molar-refractivity contribution in [1.82, 2.24) is 14.8 Å². The van der Waals surface area contributed by atoms with Gasteiger partial charge in [0.15, 0.2) is 11.4 Å². The van der Waals surface area contributed by atoms with Crippen LogP contribution in [-0.2, 0) is 6.54 Å². The average molecular weight is 442 g/mol. The van der Waals surface area contributed by atoms with Crippen LogP contribution in [0.3, 0.4) is 0 Å². The van der Waals surface area contributed by atoms with Crippen molar-refractivity contribution in [2.45, 2.75) is 33.7 Å². The number of nitrogens with zero attached hydrogens (tertiary/aromatic N) is 2. The quantitative estimate of drug-likeness (QED) is 0.658. The molecule has 0 atom stereocenters. The van der Waals surface area contributed by atoms with Crippen LogP contribution in [0, 0.1) is 5.41 Å². The largest absolute Gasteiger partial charge is 0.494 e. The molecule has 0 fully saturated rings. The highest BCUT2D eigenvalue weighted by molar-refractivity contribution is 6.42. The fourth-order valence-electron chi connectivity index (χ4n) is 3.15. The van der Waals surface area contributed by atoms with E-state index < -0.39 is 0 Å². The summed E-state index contributed by atoms with van der Waals surface area (Å²) >= 11 is 12.3. The number of fused-ring (bicyclic) bond motifs is 1. The van der Waals surface area contributed by atoms with Crippen LogP contribution in [0.15, 0.2) is 16.9 Å². The Morgan fingerprint density at radius 3 is 2.28 bits per heavy atom. The maximum absolute atomic E-state index is 13.3. The van der Waals surface area contributed by atoms with Crippen LogP contribution in [0.4, 0.5) is 0 Å². The first-order valence-electron chi connectivity index (χ1n) is 9.48. The Hall–Kier alpha value is -1.76. The van der Waals surface area contributed by atoms with Crippen molar-refractivity contribution in [1.29, 1.82) is 0 Å². The molecule has 0 unspecified atom stereocenters. The SMILES string of the molecule is COc1c(C(=O)NCCCN(C)C)n(CC(C)(C)C)c(=O)c2cc(Cl)c(Cl)cc12. The van der Waals surface area contributed by atoms with E-state index in [4.69, 9.17) is 27.9 Å². The molecule has 1 aromatic heterocycles. The molecule has 29 heavy (non-hydrogen) atoms. The van der Waals surface area contributed by atoms with Gasteiger partial charge in [0, 0.05) is 18.5 Å². The van der Waals surface area contributed by atoms with E-state index >= 15 is 0 Å². The van der Waals surface area contributed by atoms with E-state index in [9.17, 15) is 9.59 Å². The molecule has 1 heterocycles. The lowest BCUT2D eigenvalue weighted by atomic mass is 9.96. The molecule has 0 saturated heterocycles. The van der Waals surface area contributed by atoms with Gasteiger partial charge in [-0.2, -0.15) is 0 Å². The maximum atomic E-state index is 13.3. The molecule has 0 saturated carbocycles. The number of benzene rings is 1. The highest BCUT2D eigenvalue weighted by atomic mass is 35.5. The number of pyridine rings is 1. The van der Waals surface area contributed by atoms with Gasteiger partial charge in [-0.05, 0) is 44.6 Å². The number of hydrogen-bond donors (Lipinski definition) is 1. The summed E-state index contributed by atoms with van der Waals surface area (Å²) < 4.78 is 7.08. The monoisotopic (exact) mass is 441 g/mol. The van der Waals surface area contributed by atoms with Gasteiger partial charge in [-0.15, -0.1) is 0 Å². The molecule has 0 radical (unpaired) electrons. The van der Waals surface area contributed by atoms with Crippen LogP contribution in [0.5, 0.6) is 5.75 Å². The Bertz CT molecular complexity index is 963. The van der Waals surface area contributed by atoms with E-state index in [2.05, 4.69) is 5.32 Å². The second kappa shape index (κ2) is 9.37. The number of aromatic nitrogens is 1. The molecular formula is C21H29Cl2N3O3. The lowest BCUT2D eigenvalue weighted by Gasteiger charge is -2.24. The molecule has 6 nitrogen and oxygen atoms in total. The molecule has 2 aromatic rings. The molecule has 0 aliphatic rings. The fraction of sp³-hybridized carbons (Fsp3) is 0.524. The Balaban J connectivity index is 2.66. The van der Waals surface area contributed by atoms with E-state index in [-0.39, 0.29) is 27.6 Å². The molecule has 0 aliphatic heterocycles. The van der Waals surface area contributed by atoms with Crippen LogP contribution >= 0.6 is 23.2 Å². The summed E-state index contributed by atoms with van der Waals surface area (Å²) in [6.07, 6.45) is 0.791. The third kappa shape index (κ3) is 5.65. The van der Waals surface area contributed by atoms with Gasteiger partial charge in [-0.25, -0.2) is 0 Å². The van der Waals surface area contributed by atoms with Crippen LogP contribution in [0.2, 0.25) is 10.0 Å². The zero-order chi connectivity index (χ0) is 21.9. The molecule has 0 spiro atoms. The predicted molar refractivity (Wildman–Crippen MR) is 120 cm³/mol. The van der Waals surface area contributed by atoms with Crippen LogP contribution in [0.25, 0.3) is 10.8 Å². The van der Waals surface area contributed by atoms with Gasteiger partial charge in [0.1, 0.15) is 0 Å². The summed E-state index contributed by atoms with van der Waals surface area (Å²) in [5.41, 5.74) is -0.338. The van der Waals surface area contributed by atoms with Crippen molar-refractivity contribution < 1.29 is 9.53 Å². The first-order valence-corrected chi connectivity index (χ1v) is 10.2. The standard InChI is InChI=1S/C21H29Cl2N3O3/c1-21(2,3)12-26-17(19(27)24-8-7-9-25(4)5)18(29-6)13-10-15(22)16(23)11-14(13)20(26)28/h10-11H,7-9,12H2,1-6H3,(H,24,27). The topological polar surface area (TPSA) is 63.6 Å². The normalized spacial score (nSPS) is 11.9. The number of carbonyl (C=O) groups excluding carboxylic acids is 1. The highest BCUT2D eigenvalue weighted by Gasteiger charge is 2.26. The second-order valence-corrected chi connectivity index (χ2v) is 9.37. The fourth-order valence-corrected chi connectivity index (χ4v) is 3.47. The number of halogens is 2. The van der Waals surface area contributed by atoms with Crippen molar-refractivity contribution in [2.24, 2.45) is 5.41 Å². The van der Waals surface area contributed by atoms with Gasteiger partial charge < -0.3 is 15.0 Å². The van der Waals surface area contributed by atoms with Crippen molar-refractivity contribution in [3.05, 3.63) is 38.2 Å². The van der Waals surface area contributed by atoms with Gasteiger partial charge in [0.05, 0.1) is 22.5 Å². The Kier molecular flexibility index (Phi) is 7.60. The summed E-state index contributed by atoms with van der Waals surface area (Å²) in [5, 5.41) is 4.32. The molecule has 1 amide bonds. The van der Waals surface area contributed by atoms with Gasteiger partial charge >= 0.3 is 0 Å². The lowest BCUT2D eigenvalue weighted by molar-refractivity contribution is 0.0935. The minimum atomic E-state index is -0.352. The Labute approximate surface area is 181 Å². The minimum Gasteiger partial charge on any atom is -0.494 e. The zero-order valence-electron chi connectivity index (χ0n) is 17.9. The summed E-state index contributed by atoms with van der Waals surface area (Å²) in [5.74, 6) is -0.0394. The number of nitrogens with one attached hydrogen (secondary N) is 1. The number of methoxy groups -OCH3 is 1. The van der Waals surface area contributed by atoms with E-state index in [0.717, 1.165) is 13.0 Å². The van der Waals surface area contributed by atoms with E-state index in [1.807, 2.05) is 39.8 Å². The lowest BCUT2D eigenvalue weighted by Crippen LogP contribution is -2.36. The van der Waals surface area contributed by atoms with Crippen LogP contribution in [-0.4, -0.2) is 49.7 Å². The van der Waals surface area contributed by atoms with E-state index in [1.54, 1.807) is 6.07 Å². The number of ether oxygens (including phenoxy) is 1. The van der Waals surface area contributed by atoms with Gasteiger partial charge in [-0.1, -0.05) is 44.0 Å². The van der Waals surface area contributed by atoms with E-state index in [1.165, 1.54) is 17.7 Å². The minimum absolute atomic E-state index is 0.197. The first kappa shape index (κ1) is 23.5. The molecule has 0 aliphatic carbocycles. The highest BCUT2D eigenvalue weighted by Crippen LogP contribution is 2.34. The van der Waals surface area contributed by atoms with E-state index in [0.29, 0.717) is 34.6 Å². The third-order valence-electron chi connectivity index (χ3n) is 4.38. The summed E-state index contributed by atoms with van der Waals surface area (Å²) in [7, 11) is 5.43. The molecule has 0 bridgehead atoms. The van der Waals surface area contributed by atoms with Crippen LogP contribution in [0.1, 0.15) is 37.7 Å². The molecular weight excluding hydrogens is 413 g/mol. The summed E-state index contributed by atoms with van der Waals surface area (Å²) in [6.45, 7) is 7.69.